The molecule has 3 aromatic rings. The van der Waals surface area contributed by atoms with Crippen LogP contribution in [0.1, 0.15) is 35.9 Å². The molecular weight excluding hydrogens is 302 g/mol. The van der Waals surface area contributed by atoms with Crippen LogP contribution in [0.15, 0.2) is 41.1 Å². The fourth-order valence-corrected chi connectivity index (χ4v) is 3.75. The van der Waals surface area contributed by atoms with E-state index in [9.17, 15) is 4.79 Å². The molecule has 5 heteroatoms. The van der Waals surface area contributed by atoms with Crippen LogP contribution in [0.4, 0.5) is 0 Å². The number of carbonyl (C=O) groups excluding carboxylic acids is 1. The first-order valence-electron chi connectivity index (χ1n) is 8.39. The Morgan fingerprint density at radius 2 is 2.21 bits per heavy atom. The highest BCUT2D eigenvalue weighted by atomic mass is 16.5. The quantitative estimate of drug-likeness (QED) is 0.742. The Hall–Kier alpha value is -2.56. The molecule has 0 N–H and O–H groups in total. The van der Waals surface area contributed by atoms with Crippen LogP contribution in [-0.4, -0.2) is 27.1 Å². The minimum absolute atomic E-state index is 0.0462. The molecule has 1 saturated heterocycles. The van der Waals surface area contributed by atoms with Crippen LogP contribution in [0.3, 0.4) is 0 Å². The van der Waals surface area contributed by atoms with Gasteiger partial charge in [0, 0.05) is 36.8 Å². The lowest BCUT2D eigenvalue weighted by Gasteiger charge is -2.23. The van der Waals surface area contributed by atoms with E-state index in [1.165, 1.54) is 0 Å². The summed E-state index contributed by atoms with van der Waals surface area (Å²) in [5.74, 6) is 0.952. The average molecular weight is 323 g/mol. The topological polar surface area (TPSA) is 51.3 Å². The van der Waals surface area contributed by atoms with E-state index in [0.717, 1.165) is 47.3 Å². The normalized spacial score (nSPS) is 17.8. The summed E-state index contributed by atoms with van der Waals surface area (Å²) in [5, 5.41) is 5.27. The number of carbonyl (C=O) groups is 1. The molecule has 1 aromatic carbocycles. The summed E-state index contributed by atoms with van der Waals surface area (Å²) in [6.45, 7) is 2.67. The standard InChI is InChI=1S/C19H21N3O2/c1-13-10-16(20-24-13)18-8-5-9-22(18)19(23)11-14-12-21(2)17-7-4-3-6-15(14)17/h3-4,6-7,10,12,18H,5,8-9,11H2,1-2H3/t18-/m1/s1. The molecule has 0 radical (unpaired) electrons. The second-order valence-corrected chi connectivity index (χ2v) is 6.57. The van der Waals surface area contributed by atoms with Crippen molar-refractivity contribution in [2.45, 2.75) is 32.2 Å². The third-order valence-corrected chi connectivity index (χ3v) is 4.88. The van der Waals surface area contributed by atoms with E-state index in [1.807, 2.05) is 37.1 Å². The van der Waals surface area contributed by atoms with E-state index >= 15 is 0 Å². The van der Waals surface area contributed by atoms with E-state index in [4.69, 9.17) is 4.52 Å². The molecule has 3 heterocycles. The number of aryl methyl sites for hydroxylation is 2. The molecule has 0 saturated carbocycles. The Labute approximate surface area is 140 Å². The zero-order valence-electron chi connectivity index (χ0n) is 14.0. The molecule has 24 heavy (non-hydrogen) atoms. The molecule has 124 valence electrons. The zero-order valence-corrected chi connectivity index (χ0v) is 14.0. The molecule has 5 nitrogen and oxygen atoms in total. The van der Waals surface area contributed by atoms with Crippen LogP contribution in [0.5, 0.6) is 0 Å². The monoisotopic (exact) mass is 323 g/mol. The van der Waals surface area contributed by atoms with E-state index < -0.39 is 0 Å². The lowest BCUT2D eigenvalue weighted by Crippen LogP contribution is -2.32. The van der Waals surface area contributed by atoms with Crippen molar-refractivity contribution in [3.05, 3.63) is 53.5 Å². The van der Waals surface area contributed by atoms with Crippen molar-refractivity contribution in [1.82, 2.24) is 14.6 Å². The third kappa shape index (κ3) is 2.50. The van der Waals surface area contributed by atoms with E-state index in [1.54, 1.807) is 0 Å². The number of para-hydroxylation sites is 1. The van der Waals surface area contributed by atoms with Gasteiger partial charge in [0.2, 0.25) is 5.91 Å². The Kier molecular flexibility index (Phi) is 3.63. The van der Waals surface area contributed by atoms with E-state index in [-0.39, 0.29) is 11.9 Å². The maximum atomic E-state index is 12.9. The largest absolute Gasteiger partial charge is 0.361 e. The Balaban J connectivity index is 1.59. The Bertz CT molecular complexity index is 893. The van der Waals surface area contributed by atoms with Crippen LogP contribution < -0.4 is 0 Å². The summed E-state index contributed by atoms with van der Waals surface area (Å²) in [4.78, 5) is 14.9. The summed E-state index contributed by atoms with van der Waals surface area (Å²) in [5.41, 5.74) is 3.11. The molecule has 2 aromatic heterocycles. The second-order valence-electron chi connectivity index (χ2n) is 6.57. The smallest absolute Gasteiger partial charge is 0.227 e. The number of benzene rings is 1. The number of likely N-dealkylation sites (tertiary alicyclic amines) is 1. The van der Waals surface area contributed by atoms with Gasteiger partial charge in [0.25, 0.3) is 0 Å². The minimum atomic E-state index is 0.0462. The van der Waals surface area contributed by atoms with E-state index in [0.29, 0.717) is 6.42 Å². The first-order valence-corrected chi connectivity index (χ1v) is 8.39. The molecule has 1 aliphatic rings. The summed E-state index contributed by atoms with van der Waals surface area (Å²) >= 11 is 0. The van der Waals surface area contributed by atoms with Gasteiger partial charge in [-0.1, -0.05) is 23.4 Å². The number of hydrogen-bond acceptors (Lipinski definition) is 3. The first-order chi connectivity index (χ1) is 11.6. The molecule has 0 spiro atoms. The van der Waals surface area contributed by atoms with Gasteiger partial charge >= 0.3 is 0 Å². The fraction of sp³-hybridized carbons (Fsp3) is 0.368. The summed E-state index contributed by atoms with van der Waals surface area (Å²) in [6.07, 6.45) is 4.45. The molecule has 1 atom stereocenters. The molecule has 1 aliphatic heterocycles. The summed E-state index contributed by atoms with van der Waals surface area (Å²) in [7, 11) is 2.02. The van der Waals surface area contributed by atoms with Gasteiger partial charge in [0.15, 0.2) is 0 Å². The van der Waals surface area contributed by atoms with Crippen LogP contribution >= 0.6 is 0 Å². The van der Waals surface area contributed by atoms with Crippen molar-refractivity contribution >= 4 is 16.8 Å². The molecule has 0 bridgehead atoms. The molecule has 1 amide bonds. The maximum Gasteiger partial charge on any atom is 0.227 e. The molecule has 0 aliphatic carbocycles. The van der Waals surface area contributed by atoms with Crippen molar-refractivity contribution in [2.24, 2.45) is 7.05 Å². The van der Waals surface area contributed by atoms with Crippen molar-refractivity contribution < 1.29 is 9.32 Å². The number of aromatic nitrogens is 2. The SMILES string of the molecule is Cc1cc([C@H]2CCCN2C(=O)Cc2cn(C)c3ccccc23)no1. The molecule has 4 rings (SSSR count). The van der Waals surface area contributed by atoms with Crippen molar-refractivity contribution in [2.75, 3.05) is 6.54 Å². The highest BCUT2D eigenvalue weighted by Crippen LogP contribution is 2.32. The molecule has 0 unspecified atom stereocenters. The number of hydrogen-bond donors (Lipinski definition) is 0. The first kappa shape index (κ1) is 15.0. The van der Waals surface area contributed by atoms with Crippen LogP contribution in [-0.2, 0) is 18.3 Å². The van der Waals surface area contributed by atoms with Crippen LogP contribution in [0, 0.1) is 6.92 Å². The van der Waals surface area contributed by atoms with Gasteiger partial charge in [-0.05, 0) is 31.4 Å². The highest BCUT2D eigenvalue weighted by Gasteiger charge is 2.32. The number of rotatable bonds is 3. The van der Waals surface area contributed by atoms with Gasteiger partial charge in [-0.3, -0.25) is 4.79 Å². The molecule has 1 fully saturated rings. The van der Waals surface area contributed by atoms with E-state index in [2.05, 4.69) is 28.1 Å². The fourth-order valence-electron chi connectivity index (χ4n) is 3.75. The van der Waals surface area contributed by atoms with Gasteiger partial charge in [0.05, 0.1) is 12.5 Å². The predicted octanol–water partition coefficient (Wildman–Crippen LogP) is 3.38. The predicted molar refractivity (Wildman–Crippen MR) is 91.6 cm³/mol. The number of amides is 1. The summed E-state index contributed by atoms with van der Waals surface area (Å²) < 4.78 is 7.28. The van der Waals surface area contributed by atoms with Crippen molar-refractivity contribution in [3.63, 3.8) is 0 Å². The number of nitrogens with zero attached hydrogens (tertiary/aromatic N) is 3. The lowest BCUT2D eigenvalue weighted by molar-refractivity contribution is -0.131. The number of fused-ring (bicyclic) bond motifs is 1. The summed E-state index contributed by atoms with van der Waals surface area (Å²) in [6, 6.07) is 10.2. The maximum absolute atomic E-state index is 12.9. The van der Waals surface area contributed by atoms with Crippen LogP contribution in [0.25, 0.3) is 10.9 Å². The van der Waals surface area contributed by atoms with Crippen molar-refractivity contribution in [3.8, 4) is 0 Å². The van der Waals surface area contributed by atoms with Gasteiger partial charge < -0.3 is 14.0 Å². The molecular formula is C19H21N3O2. The van der Waals surface area contributed by atoms with Gasteiger partial charge in [-0.25, -0.2) is 0 Å². The zero-order chi connectivity index (χ0) is 16.7. The van der Waals surface area contributed by atoms with Crippen molar-refractivity contribution in [1.29, 1.82) is 0 Å². The van der Waals surface area contributed by atoms with Crippen LogP contribution in [0.2, 0.25) is 0 Å². The third-order valence-electron chi connectivity index (χ3n) is 4.88. The van der Waals surface area contributed by atoms with Gasteiger partial charge in [-0.2, -0.15) is 0 Å². The lowest BCUT2D eigenvalue weighted by atomic mass is 10.1. The minimum Gasteiger partial charge on any atom is -0.361 e. The average Bonchev–Trinajstić information content (AvgIpc) is 3.28. The second kappa shape index (κ2) is 5.82. The van der Waals surface area contributed by atoms with Gasteiger partial charge in [0.1, 0.15) is 11.5 Å². The van der Waals surface area contributed by atoms with Gasteiger partial charge in [-0.15, -0.1) is 0 Å². The Morgan fingerprint density at radius 3 is 3.00 bits per heavy atom. The Morgan fingerprint density at radius 1 is 1.38 bits per heavy atom. The highest BCUT2D eigenvalue weighted by molar-refractivity contribution is 5.89.